The fraction of sp³-hybridized carbons (Fsp3) is 0.776. The van der Waals surface area contributed by atoms with Crippen molar-refractivity contribution < 1.29 is 111 Å². The van der Waals surface area contributed by atoms with Gasteiger partial charge in [0.25, 0.3) is 0 Å². The summed E-state index contributed by atoms with van der Waals surface area (Å²) < 4.78 is 81.5. The second-order valence-electron chi connectivity index (χ2n) is 28.2. The Kier molecular flexibility index (Phi) is 21.4. The second-order valence-corrected chi connectivity index (χ2v) is 28.2. The predicted octanol–water partition coefficient (Wildman–Crippen LogP) is 6.36. The number of amides is 1. The van der Waals surface area contributed by atoms with E-state index in [1.54, 1.807) is 33.8 Å². The van der Waals surface area contributed by atoms with Crippen LogP contribution < -0.4 is 5.32 Å². The number of allylic oxidation sites excluding steroid dienone is 3. The Bertz CT molecular complexity index is 2960. The van der Waals surface area contributed by atoms with Crippen LogP contribution in [0.15, 0.2) is 58.4 Å². The van der Waals surface area contributed by atoms with Crippen LogP contribution in [0.5, 0.6) is 0 Å². The molecule has 4 aliphatic carbocycles. The van der Waals surface area contributed by atoms with Crippen molar-refractivity contribution in [3.05, 3.63) is 68.5 Å². The molecule has 7 fully saturated rings. The molecule has 5 N–H and O–H groups in total. The van der Waals surface area contributed by atoms with E-state index in [1.807, 2.05) is 39.8 Å². The van der Waals surface area contributed by atoms with Gasteiger partial charge in [-0.3, -0.25) is 24.5 Å². The molecular formula is C67H96N2O24. The highest BCUT2D eigenvalue weighted by molar-refractivity contribution is 6.26. The minimum Gasteiger partial charge on any atom is -0.511 e. The van der Waals surface area contributed by atoms with Crippen LogP contribution >= 0.6 is 0 Å². The van der Waals surface area contributed by atoms with E-state index in [0.29, 0.717) is 49.5 Å². The molecule has 2 bridgehead atoms. The van der Waals surface area contributed by atoms with Crippen LogP contribution in [-0.4, -0.2) is 197 Å². The molecule has 1 saturated carbocycles. The summed E-state index contributed by atoms with van der Waals surface area (Å²) >= 11 is 0. The van der Waals surface area contributed by atoms with Crippen molar-refractivity contribution >= 4 is 30.1 Å². The number of rotatable bonds is 14. The molecule has 0 aromatic carbocycles. The molecule has 10 rings (SSSR count). The van der Waals surface area contributed by atoms with Crippen LogP contribution in [0, 0.1) is 51.0 Å². The van der Waals surface area contributed by atoms with Crippen molar-refractivity contribution in [3.8, 4) is 0 Å². The topological polar surface area (TPSA) is 341 Å². The highest BCUT2D eigenvalue weighted by atomic mass is 16.8. The van der Waals surface area contributed by atoms with E-state index in [4.69, 9.17) is 61.6 Å². The van der Waals surface area contributed by atoms with Crippen molar-refractivity contribution in [3.63, 3.8) is 0 Å². The van der Waals surface area contributed by atoms with E-state index < -0.39 is 210 Å². The monoisotopic (exact) mass is 1310 g/mol. The molecule has 29 atom stereocenters. The van der Waals surface area contributed by atoms with Gasteiger partial charge in [-0.25, -0.2) is 9.59 Å². The van der Waals surface area contributed by atoms with Gasteiger partial charge >= 0.3 is 18.0 Å². The van der Waals surface area contributed by atoms with Crippen LogP contribution in [0.1, 0.15) is 147 Å². The van der Waals surface area contributed by atoms with Crippen molar-refractivity contribution in [1.82, 2.24) is 5.32 Å². The molecule has 0 aromatic heterocycles. The normalized spacial score (nSPS) is 47.0. The predicted molar refractivity (Wildman–Crippen MR) is 325 cm³/mol. The lowest BCUT2D eigenvalue weighted by atomic mass is 9.49. The first-order chi connectivity index (χ1) is 43.9. The molecule has 6 saturated heterocycles. The summed E-state index contributed by atoms with van der Waals surface area (Å²) in [4.78, 5) is 80.4. The number of hydrogen-bond acceptors (Lipinski definition) is 24. The number of ether oxygens (including phenoxy) is 13. The van der Waals surface area contributed by atoms with E-state index in [1.165, 1.54) is 19.9 Å². The molecule has 6 aliphatic heterocycles. The number of methoxy groups -OCH3 is 1. The van der Waals surface area contributed by atoms with Gasteiger partial charge in [0.15, 0.2) is 43.2 Å². The van der Waals surface area contributed by atoms with E-state index in [0.717, 1.165) is 7.11 Å². The van der Waals surface area contributed by atoms with Gasteiger partial charge in [-0.1, -0.05) is 50.6 Å². The summed E-state index contributed by atoms with van der Waals surface area (Å²) in [6, 6.07) is -1.12. The molecular weight excluding hydrogens is 1220 g/mol. The van der Waals surface area contributed by atoms with Crippen LogP contribution in [0.25, 0.3) is 0 Å². The number of nitro groups is 1. The van der Waals surface area contributed by atoms with Crippen molar-refractivity contribution in [2.75, 3.05) is 7.11 Å². The lowest BCUT2D eigenvalue weighted by Gasteiger charge is -2.56. The van der Waals surface area contributed by atoms with Gasteiger partial charge in [0.05, 0.1) is 86.6 Å². The lowest BCUT2D eigenvalue weighted by Crippen LogP contribution is -2.65. The number of nitrogens with zero attached hydrogens (tertiary/aromatic N) is 1. The quantitative estimate of drug-likeness (QED) is 0.0240. The van der Waals surface area contributed by atoms with Gasteiger partial charge in [-0.15, -0.1) is 0 Å². The third-order valence-electron chi connectivity index (χ3n) is 21.7. The Morgan fingerprint density at radius 3 is 2.01 bits per heavy atom. The third-order valence-corrected chi connectivity index (χ3v) is 21.7. The standard InChI is InChI=1S/C67H96N2O24/c1-30-14-18-47(88-54-28-65(11,69(79)80)60(38(9)86-54)68-64(78)81-13)31(2)23-43-45(73)24-40(29-70)27-67(43)62(76)55(63(77)93-67)61(75)66(12)42(30)16-15-41-56(66)32(3)22-33(4)57(41)92-53-26-49(59(37(8)85-53)87-39(10)71)90-50-21-19-48(35(6)83-50)89-52-25-46(74)58(36(7)84-52)91-51-20-17-44(72)34(5)82-51/h14-16,23-24,29,32-38,41-54,56-60,72-75H,17-22,25-28H2,1-13H3,(H,68,78)/b30-14?,31-23?,61-55-/t32-,33+,34-,35-,36+,37+,38+,41-,42-,43+,44+,45-,46+,47-,48+,49+,50+,51+,52-,53-,54-,56+,57-,58+,59+,60+,65-,66-,67+/m0/s1. The smallest absolute Gasteiger partial charge is 0.407 e. The van der Waals surface area contributed by atoms with Crippen LogP contribution in [0.3, 0.4) is 0 Å². The summed E-state index contributed by atoms with van der Waals surface area (Å²) in [6.45, 7) is 21.0. The maximum Gasteiger partial charge on any atom is 0.407 e. The largest absolute Gasteiger partial charge is 0.511 e. The molecule has 6 heterocycles. The van der Waals surface area contributed by atoms with E-state index in [2.05, 4.69) is 25.2 Å². The first-order valence-electron chi connectivity index (χ1n) is 33.1. The molecule has 0 unspecified atom stereocenters. The minimum atomic E-state index is -2.20. The molecule has 26 heteroatoms. The fourth-order valence-corrected chi connectivity index (χ4v) is 16.9. The van der Waals surface area contributed by atoms with E-state index in [-0.39, 0.29) is 43.1 Å². The first-order valence-corrected chi connectivity index (χ1v) is 33.1. The highest BCUT2D eigenvalue weighted by Crippen LogP contribution is 2.61. The van der Waals surface area contributed by atoms with Gasteiger partial charge < -0.3 is 87.3 Å². The van der Waals surface area contributed by atoms with Crippen molar-refractivity contribution in [2.24, 2.45) is 40.9 Å². The van der Waals surface area contributed by atoms with Gasteiger partial charge in [-0.05, 0) is 109 Å². The summed E-state index contributed by atoms with van der Waals surface area (Å²) in [5.74, 6) is -6.46. The van der Waals surface area contributed by atoms with Crippen LogP contribution in [0.4, 0.5) is 4.79 Å². The number of nitrogens with one attached hydrogen (secondary N) is 1. The fourth-order valence-electron chi connectivity index (χ4n) is 16.9. The van der Waals surface area contributed by atoms with E-state index >= 15 is 4.79 Å². The number of aliphatic hydroxyl groups excluding tert-OH is 4. The molecule has 0 aromatic rings. The number of Topliss-reactive ketones (excluding diaryl/α,β-unsaturated/α-hetero) is 1. The number of aldehydes is 1. The average Bonchev–Trinajstić information content (AvgIpc) is 1.68. The zero-order chi connectivity index (χ0) is 67.5. The summed E-state index contributed by atoms with van der Waals surface area (Å²) in [5.41, 5.74) is -4.91. The maximum atomic E-state index is 15.6. The van der Waals surface area contributed by atoms with Crippen molar-refractivity contribution in [1.29, 1.82) is 0 Å². The van der Waals surface area contributed by atoms with Gasteiger partial charge in [0.1, 0.15) is 35.9 Å². The lowest BCUT2D eigenvalue weighted by molar-refractivity contribution is -0.584. The summed E-state index contributed by atoms with van der Waals surface area (Å²) in [6.07, 6.45) is -4.21. The number of alkyl carbamates (subject to hydrolysis) is 1. The zero-order valence-electron chi connectivity index (χ0n) is 55.4. The second kappa shape index (κ2) is 28.2. The van der Waals surface area contributed by atoms with Crippen LogP contribution in [-0.2, 0) is 80.8 Å². The Labute approximate surface area is 542 Å². The first kappa shape index (κ1) is 70.7. The number of hydrogen-bond donors (Lipinski definition) is 5. The van der Waals surface area contributed by atoms with Gasteiger partial charge in [0, 0.05) is 68.1 Å². The maximum absolute atomic E-state index is 15.6. The third kappa shape index (κ3) is 14.0. The SMILES string of the molecule is COC(=O)N[C@@H]1[C@@H](C)O[C@@H](O[C@H]2CC=C(C)[C@@H]3C=C[C@@H]4[C@@H](O[C@H]5C[C@@H](O[C@@H]6CC[C@@H](O[C@H]7C[C@@H](O)[C@H](O[C@@H]8CC[C@@H](O)[C@H](C)O8)[C@@H](C)O7)[C@H](C)O6)[C@H](OC(C)=O)[C@@H](C)O5)[C@H](C)C[C@H](C)[C@H]4[C@@]3(C)/C(O)=C3/C(=O)O[C@@]4(CC(C=O)=C[C@H](O)[C@H]4C=C2C)C3=O)C[C@]1(C)[N+](=O)[O-]. The molecule has 93 heavy (non-hydrogen) atoms. The van der Waals surface area contributed by atoms with Gasteiger partial charge in [-0.2, -0.15) is 0 Å². The number of ketones is 1. The Morgan fingerprint density at radius 2 is 1.35 bits per heavy atom. The number of carbonyl (C=O) groups excluding carboxylic acids is 5. The molecule has 10 aliphatic rings. The molecule has 1 amide bonds. The minimum absolute atomic E-state index is 0.00196. The van der Waals surface area contributed by atoms with Gasteiger partial charge in [0.2, 0.25) is 11.3 Å². The molecule has 0 radical (unpaired) electrons. The van der Waals surface area contributed by atoms with E-state index in [9.17, 15) is 49.7 Å². The number of aliphatic hydroxyl groups is 4. The summed E-state index contributed by atoms with van der Waals surface area (Å²) in [7, 11) is 1.15. The zero-order valence-corrected chi connectivity index (χ0v) is 55.4. The number of esters is 2. The Balaban J connectivity index is 0.904. The Morgan fingerprint density at radius 1 is 0.720 bits per heavy atom. The van der Waals surface area contributed by atoms with Crippen molar-refractivity contribution in [2.45, 2.75) is 281 Å². The number of fused-ring (bicyclic) bond motifs is 4. The number of carbonyl (C=O) groups is 5. The molecule has 1 spiro atoms. The van der Waals surface area contributed by atoms with Crippen LogP contribution in [0.2, 0.25) is 0 Å². The highest BCUT2D eigenvalue weighted by Gasteiger charge is 2.65. The molecule has 518 valence electrons. The average molecular weight is 1310 g/mol. The molecule has 26 nitrogen and oxygen atoms in total. The Hall–Kier alpha value is -5.07. The summed E-state index contributed by atoms with van der Waals surface area (Å²) in [5, 5.41) is 62.0.